The first-order chi connectivity index (χ1) is 14.2. The number of pyridine rings is 2. The van der Waals surface area contributed by atoms with Crippen LogP contribution < -0.4 is 5.32 Å². The second-order valence-electron chi connectivity index (χ2n) is 6.74. The van der Waals surface area contributed by atoms with Gasteiger partial charge in [0.15, 0.2) is 0 Å². The van der Waals surface area contributed by atoms with Crippen LogP contribution >= 0.6 is 0 Å². The van der Waals surface area contributed by atoms with E-state index in [0.29, 0.717) is 18.8 Å². The summed E-state index contributed by atoms with van der Waals surface area (Å²) in [4.78, 5) is 23.5. The highest BCUT2D eigenvalue weighted by Crippen LogP contribution is 2.24. The average molecular weight is 382 g/mol. The number of hydrogen-bond donors (Lipinski definition) is 1. The van der Waals surface area contributed by atoms with Crippen molar-refractivity contribution in [1.29, 1.82) is 0 Å². The molecule has 4 rings (SSSR count). The van der Waals surface area contributed by atoms with Gasteiger partial charge in [0.05, 0.1) is 23.1 Å². The van der Waals surface area contributed by atoms with Crippen molar-refractivity contribution in [3.8, 4) is 0 Å². The van der Waals surface area contributed by atoms with Crippen LogP contribution in [0.2, 0.25) is 0 Å². The molecule has 0 saturated heterocycles. The van der Waals surface area contributed by atoms with Crippen LogP contribution in [0.15, 0.2) is 85.2 Å². The molecule has 0 aliphatic heterocycles. The Kier molecular flexibility index (Phi) is 5.47. The largest absolute Gasteiger partial charge is 0.352 e. The lowest BCUT2D eigenvalue weighted by Gasteiger charge is -2.20. The van der Waals surface area contributed by atoms with Gasteiger partial charge in [-0.25, -0.2) is 4.98 Å². The SMILES string of the molecule is CCN(Cc1ccccc1)C(=O)c1ccc(Nc2cccc3cccnc23)cn1. The molecule has 2 aromatic carbocycles. The Hall–Kier alpha value is -3.73. The van der Waals surface area contributed by atoms with Crippen molar-refractivity contribution in [3.63, 3.8) is 0 Å². The molecule has 144 valence electrons. The summed E-state index contributed by atoms with van der Waals surface area (Å²) in [5, 5.41) is 4.41. The lowest BCUT2D eigenvalue weighted by molar-refractivity contribution is 0.0746. The fourth-order valence-electron chi connectivity index (χ4n) is 3.25. The van der Waals surface area contributed by atoms with E-state index in [1.165, 1.54) is 0 Å². The molecular weight excluding hydrogens is 360 g/mol. The molecule has 0 saturated carbocycles. The Morgan fingerprint density at radius 2 is 1.76 bits per heavy atom. The summed E-state index contributed by atoms with van der Waals surface area (Å²) >= 11 is 0. The van der Waals surface area contributed by atoms with Crippen LogP contribution in [0.4, 0.5) is 11.4 Å². The van der Waals surface area contributed by atoms with Crippen LogP contribution in [0, 0.1) is 0 Å². The summed E-state index contributed by atoms with van der Waals surface area (Å²) < 4.78 is 0. The first-order valence-corrected chi connectivity index (χ1v) is 9.64. The lowest BCUT2D eigenvalue weighted by Crippen LogP contribution is -2.30. The molecule has 0 unspecified atom stereocenters. The van der Waals surface area contributed by atoms with E-state index < -0.39 is 0 Å². The molecule has 0 bridgehead atoms. The normalized spacial score (nSPS) is 10.7. The Morgan fingerprint density at radius 3 is 2.52 bits per heavy atom. The van der Waals surface area contributed by atoms with Crippen LogP contribution in [0.1, 0.15) is 23.0 Å². The number of hydrogen-bond acceptors (Lipinski definition) is 4. The molecule has 2 aromatic heterocycles. The molecular formula is C24H22N4O. The highest BCUT2D eigenvalue weighted by molar-refractivity contribution is 5.93. The van der Waals surface area contributed by atoms with Crippen LogP contribution in [-0.4, -0.2) is 27.3 Å². The molecule has 0 atom stereocenters. The number of fused-ring (bicyclic) bond motifs is 1. The quantitative estimate of drug-likeness (QED) is 0.508. The number of benzene rings is 2. The number of carbonyl (C=O) groups is 1. The summed E-state index contributed by atoms with van der Waals surface area (Å²) in [6, 6.07) is 23.6. The zero-order valence-electron chi connectivity index (χ0n) is 16.2. The first kappa shape index (κ1) is 18.6. The standard InChI is InChI=1S/C24H22N4O/c1-2-28(17-18-8-4-3-5-9-18)24(29)22-14-13-20(16-26-22)27-21-12-6-10-19-11-7-15-25-23(19)21/h3-16,27H,2,17H2,1H3. The van der Waals surface area contributed by atoms with E-state index in [2.05, 4.69) is 15.3 Å². The zero-order valence-corrected chi connectivity index (χ0v) is 16.2. The third-order valence-electron chi connectivity index (χ3n) is 4.78. The third-order valence-corrected chi connectivity index (χ3v) is 4.78. The minimum atomic E-state index is -0.0743. The predicted molar refractivity (Wildman–Crippen MR) is 116 cm³/mol. The number of aromatic nitrogens is 2. The number of nitrogens with zero attached hydrogens (tertiary/aromatic N) is 3. The van der Waals surface area contributed by atoms with Gasteiger partial charge in [0.1, 0.15) is 5.69 Å². The van der Waals surface area contributed by atoms with E-state index in [9.17, 15) is 4.79 Å². The smallest absolute Gasteiger partial charge is 0.272 e. The van der Waals surface area contributed by atoms with Gasteiger partial charge in [-0.15, -0.1) is 0 Å². The van der Waals surface area contributed by atoms with Gasteiger partial charge in [-0.05, 0) is 36.8 Å². The van der Waals surface area contributed by atoms with Gasteiger partial charge in [-0.1, -0.05) is 48.5 Å². The second-order valence-corrected chi connectivity index (χ2v) is 6.74. The van der Waals surface area contributed by atoms with Gasteiger partial charge >= 0.3 is 0 Å². The van der Waals surface area contributed by atoms with Gasteiger partial charge in [0.25, 0.3) is 5.91 Å². The van der Waals surface area contributed by atoms with Crippen LogP contribution in [0.25, 0.3) is 10.9 Å². The van der Waals surface area contributed by atoms with Crippen LogP contribution in [-0.2, 0) is 6.54 Å². The Morgan fingerprint density at radius 1 is 0.931 bits per heavy atom. The molecule has 1 amide bonds. The number of rotatable bonds is 6. The first-order valence-electron chi connectivity index (χ1n) is 9.64. The Bertz CT molecular complexity index is 1110. The monoisotopic (exact) mass is 382 g/mol. The van der Waals surface area contributed by atoms with Gasteiger partial charge in [-0.2, -0.15) is 0 Å². The molecule has 0 spiro atoms. The lowest BCUT2D eigenvalue weighted by atomic mass is 10.2. The number of amides is 1. The van der Waals surface area contributed by atoms with E-state index in [4.69, 9.17) is 0 Å². The molecule has 5 nitrogen and oxygen atoms in total. The molecule has 1 N–H and O–H groups in total. The summed E-state index contributed by atoms with van der Waals surface area (Å²) in [6.07, 6.45) is 3.46. The maximum absolute atomic E-state index is 12.9. The van der Waals surface area contributed by atoms with Crippen molar-refractivity contribution in [1.82, 2.24) is 14.9 Å². The summed E-state index contributed by atoms with van der Waals surface area (Å²) in [5.74, 6) is -0.0743. The molecule has 0 fully saturated rings. The molecule has 5 heteroatoms. The van der Waals surface area contributed by atoms with E-state index in [0.717, 1.165) is 27.8 Å². The summed E-state index contributed by atoms with van der Waals surface area (Å²) in [7, 11) is 0. The van der Waals surface area contributed by atoms with Gasteiger partial charge in [0.2, 0.25) is 0 Å². The molecule has 0 aliphatic carbocycles. The second kappa shape index (κ2) is 8.52. The van der Waals surface area contributed by atoms with Crippen molar-refractivity contribution < 1.29 is 4.79 Å². The van der Waals surface area contributed by atoms with Gasteiger partial charge in [-0.3, -0.25) is 9.78 Å². The minimum absolute atomic E-state index is 0.0743. The average Bonchev–Trinajstić information content (AvgIpc) is 2.78. The van der Waals surface area contributed by atoms with E-state index in [1.54, 1.807) is 23.4 Å². The van der Waals surface area contributed by atoms with Crippen LogP contribution in [0.5, 0.6) is 0 Å². The van der Waals surface area contributed by atoms with E-state index in [1.807, 2.05) is 73.7 Å². The molecule has 29 heavy (non-hydrogen) atoms. The number of nitrogens with one attached hydrogen (secondary N) is 1. The number of carbonyl (C=O) groups excluding carboxylic acids is 1. The zero-order chi connectivity index (χ0) is 20.1. The Balaban J connectivity index is 1.50. The molecule has 0 radical (unpaired) electrons. The maximum atomic E-state index is 12.9. The van der Waals surface area contributed by atoms with Crippen molar-refractivity contribution in [2.75, 3.05) is 11.9 Å². The minimum Gasteiger partial charge on any atom is -0.352 e. The maximum Gasteiger partial charge on any atom is 0.272 e. The molecule has 2 heterocycles. The highest BCUT2D eigenvalue weighted by Gasteiger charge is 2.16. The summed E-state index contributed by atoms with van der Waals surface area (Å²) in [6.45, 7) is 3.17. The van der Waals surface area contributed by atoms with Crippen molar-refractivity contribution in [3.05, 3.63) is 96.4 Å². The van der Waals surface area contributed by atoms with Crippen molar-refractivity contribution in [2.45, 2.75) is 13.5 Å². The Labute approximate surface area is 170 Å². The van der Waals surface area contributed by atoms with Crippen LogP contribution in [0.3, 0.4) is 0 Å². The predicted octanol–water partition coefficient (Wildman–Crippen LogP) is 5.04. The van der Waals surface area contributed by atoms with Gasteiger partial charge in [0, 0.05) is 24.7 Å². The van der Waals surface area contributed by atoms with Gasteiger partial charge < -0.3 is 10.2 Å². The van der Waals surface area contributed by atoms with Crippen molar-refractivity contribution in [2.24, 2.45) is 0 Å². The fourth-order valence-corrected chi connectivity index (χ4v) is 3.25. The molecule has 0 aliphatic rings. The number of anilines is 2. The third kappa shape index (κ3) is 4.24. The van der Waals surface area contributed by atoms with E-state index >= 15 is 0 Å². The fraction of sp³-hybridized carbons (Fsp3) is 0.125. The highest BCUT2D eigenvalue weighted by atomic mass is 16.2. The number of para-hydroxylation sites is 1. The van der Waals surface area contributed by atoms with Crippen molar-refractivity contribution >= 4 is 28.2 Å². The summed E-state index contributed by atoms with van der Waals surface area (Å²) in [5.41, 5.74) is 4.15. The van der Waals surface area contributed by atoms with E-state index in [-0.39, 0.29) is 5.91 Å². The topological polar surface area (TPSA) is 58.1 Å². The molecule has 4 aromatic rings.